The second-order valence-corrected chi connectivity index (χ2v) is 2.90. The van der Waals surface area contributed by atoms with Gasteiger partial charge in [-0.1, -0.05) is 0 Å². The van der Waals surface area contributed by atoms with Crippen LogP contribution in [0.4, 0.5) is 0 Å². The normalized spacial score (nSPS) is 9.56. The molecule has 16 heavy (non-hydrogen) atoms. The lowest BCUT2D eigenvalue weighted by atomic mass is 10.1. The number of hydrogen-bond donors (Lipinski definition) is 2. The molecule has 0 unspecified atom stereocenters. The number of hydrogen-bond acceptors (Lipinski definition) is 4. The van der Waals surface area contributed by atoms with Gasteiger partial charge in [0.15, 0.2) is 0 Å². The van der Waals surface area contributed by atoms with E-state index in [1.807, 2.05) is 0 Å². The van der Waals surface area contributed by atoms with E-state index in [0.717, 1.165) is 25.3 Å². The Morgan fingerprint density at radius 3 is 1.62 bits per heavy atom. The summed E-state index contributed by atoms with van der Waals surface area (Å²) in [6.07, 6.45) is 0. The van der Waals surface area contributed by atoms with Crippen molar-refractivity contribution in [1.82, 2.24) is 0 Å². The zero-order chi connectivity index (χ0) is 12.3. The minimum Gasteiger partial charge on any atom is -0.478 e. The van der Waals surface area contributed by atoms with Crippen LogP contribution in [0.15, 0.2) is 18.2 Å². The van der Waals surface area contributed by atoms with Crippen LogP contribution in [0.25, 0.3) is 0 Å². The van der Waals surface area contributed by atoms with E-state index in [1.54, 1.807) is 0 Å². The van der Waals surface area contributed by atoms with Gasteiger partial charge in [-0.15, -0.1) is 0 Å². The van der Waals surface area contributed by atoms with Crippen LogP contribution in [0.3, 0.4) is 0 Å². The van der Waals surface area contributed by atoms with Crippen molar-refractivity contribution >= 4 is 17.9 Å². The van der Waals surface area contributed by atoms with Gasteiger partial charge in [0.2, 0.25) is 0 Å². The van der Waals surface area contributed by atoms with Crippen LogP contribution in [0.5, 0.6) is 0 Å². The number of carboxylic acid groups (broad SMARTS) is 2. The van der Waals surface area contributed by atoms with Crippen LogP contribution in [0, 0.1) is 0 Å². The van der Waals surface area contributed by atoms with Crippen LogP contribution in [-0.4, -0.2) is 35.2 Å². The molecule has 0 aliphatic carbocycles. The maximum absolute atomic E-state index is 11.2. The summed E-state index contributed by atoms with van der Waals surface area (Å²) in [4.78, 5) is 32.5. The number of methoxy groups -OCH3 is 1. The molecule has 0 atom stereocenters. The molecular formula is C10H8O6. The topological polar surface area (TPSA) is 101 Å². The van der Waals surface area contributed by atoms with Gasteiger partial charge in [-0.2, -0.15) is 0 Å². The van der Waals surface area contributed by atoms with E-state index in [1.165, 1.54) is 0 Å². The number of aromatic carboxylic acids is 2. The summed E-state index contributed by atoms with van der Waals surface area (Å²) in [5, 5.41) is 17.4. The first-order chi connectivity index (χ1) is 7.45. The summed E-state index contributed by atoms with van der Waals surface area (Å²) in [6.45, 7) is 0. The molecule has 0 fully saturated rings. The van der Waals surface area contributed by atoms with Gasteiger partial charge < -0.3 is 14.9 Å². The first-order valence-electron chi connectivity index (χ1n) is 4.15. The highest BCUT2D eigenvalue weighted by Crippen LogP contribution is 2.12. The summed E-state index contributed by atoms with van der Waals surface area (Å²) in [6, 6.07) is 3.08. The fourth-order valence-corrected chi connectivity index (χ4v) is 1.11. The monoisotopic (exact) mass is 224 g/mol. The van der Waals surface area contributed by atoms with Gasteiger partial charge in [0.25, 0.3) is 0 Å². The Bertz CT molecular complexity index is 430. The highest BCUT2D eigenvalue weighted by atomic mass is 16.5. The summed E-state index contributed by atoms with van der Waals surface area (Å²) in [5.74, 6) is -3.41. The predicted octanol–water partition coefficient (Wildman–Crippen LogP) is 0.870. The van der Waals surface area contributed by atoms with Gasteiger partial charge in [-0.25, -0.2) is 14.4 Å². The fraction of sp³-hybridized carbons (Fsp3) is 0.100. The van der Waals surface area contributed by atoms with Crippen molar-refractivity contribution < 1.29 is 29.3 Å². The molecule has 0 aromatic heterocycles. The Hall–Kier alpha value is -2.37. The van der Waals surface area contributed by atoms with Gasteiger partial charge in [-0.3, -0.25) is 0 Å². The molecule has 84 valence electrons. The highest BCUT2D eigenvalue weighted by molar-refractivity contribution is 5.99. The second-order valence-electron chi connectivity index (χ2n) is 2.90. The standard InChI is InChI=1S/C10H8O6/c1-16-10(15)7-3-5(8(11)12)2-6(4-7)9(13)14/h2-4H,1H3,(H,11,12)(H,13,14). The number of carbonyl (C=O) groups excluding carboxylic acids is 1. The van der Waals surface area contributed by atoms with Gasteiger partial charge in [0, 0.05) is 0 Å². The summed E-state index contributed by atoms with van der Waals surface area (Å²) in [7, 11) is 1.12. The van der Waals surface area contributed by atoms with E-state index in [0.29, 0.717) is 0 Å². The Morgan fingerprint density at radius 1 is 0.938 bits per heavy atom. The maximum atomic E-state index is 11.2. The molecule has 0 bridgehead atoms. The van der Waals surface area contributed by atoms with E-state index in [9.17, 15) is 14.4 Å². The lowest BCUT2D eigenvalue weighted by molar-refractivity contribution is 0.0600. The van der Waals surface area contributed by atoms with E-state index in [2.05, 4.69) is 4.74 Å². The average Bonchev–Trinajstić information content (AvgIpc) is 2.27. The summed E-state index contributed by atoms with van der Waals surface area (Å²) in [5.41, 5.74) is -0.666. The molecule has 0 saturated carbocycles. The third kappa shape index (κ3) is 2.35. The zero-order valence-corrected chi connectivity index (χ0v) is 8.26. The predicted molar refractivity (Wildman–Crippen MR) is 51.7 cm³/mol. The molecule has 0 radical (unpaired) electrons. The number of carboxylic acids is 2. The Morgan fingerprint density at radius 2 is 1.31 bits per heavy atom. The molecule has 0 aliphatic heterocycles. The van der Waals surface area contributed by atoms with Gasteiger partial charge in [0.1, 0.15) is 0 Å². The Kier molecular flexibility index (Phi) is 3.24. The van der Waals surface area contributed by atoms with Crippen LogP contribution in [0.2, 0.25) is 0 Å². The molecule has 0 aliphatic rings. The van der Waals surface area contributed by atoms with E-state index in [4.69, 9.17) is 10.2 Å². The summed E-state index contributed by atoms with van der Waals surface area (Å²) < 4.78 is 4.38. The van der Waals surface area contributed by atoms with Crippen molar-refractivity contribution in [1.29, 1.82) is 0 Å². The SMILES string of the molecule is COC(=O)c1cc(C(=O)O)cc(C(=O)O)c1. The molecule has 1 aromatic rings. The minimum atomic E-state index is -1.31. The zero-order valence-electron chi connectivity index (χ0n) is 8.26. The molecule has 1 aromatic carbocycles. The number of carbonyl (C=O) groups is 3. The van der Waals surface area contributed by atoms with Gasteiger partial charge in [0.05, 0.1) is 23.8 Å². The molecule has 6 heteroatoms. The highest BCUT2D eigenvalue weighted by Gasteiger charge is 2.15. The van der Waals surface area contributed by atoms with Crippen molar-refractivity contribution in [2.75, 3.05) is 7.11 Å². The molecule has 0 heterocycles. The number of benzene rings is 1. The van der Waals surface area contributed by atoms with Gasteiger partial charge in [-0.05, 0) is 18.2 Å². The van der Waals surface area contributed by atoms with E-state index < -0.39 is 17.9 Å². The molecular weight excluding hydrogens is 216 g/mol. The summed E-state index contributed by atoms with van der Waals surface area (Å²) >= 11 is 0. The smallest absolute Gasteiger partial charge is 0.337 e. The second kappa shape index (κ2) is 4.43. The largest absolute Gasteiger partial charge is 0.478 e. The van der Waals surface area contributed by atoms with Crippen LogP contribution in [0.1, 0.15) is 31.1 Å². The Labute approximate surface area is 90.1 Å². The molecule has 0 saturated heterocycles. The van der Waals surface area contributed by atoms with Gasteiger partial charge >= 0.3 is 17.9 Å². The fourth-order valence-electron chi connectivity index (χ4n) is 1.11. The van der Waals surface area contributed by atoms with Crippen LogP contribution >= 0.6 is 0 Å². The number of rotatable bonds is 3. The van der Waals surface area contributed by atoms with Crippen LogP contribution < -0.4 is 0 Å². The van der Waals surface area contributed by atoms with Crippen molar-refractivity contribution in [2.45, 2.75) is 0 Å². The maximum Gasteiger partial charge on any atom is 0.337 e. The van der Waals surface area contributed by atoms with E-state index in [-0.39, 0.29) is 16.7 Å². The lowest BCUT2D eigenvalue weighted by Gasteiger charge is -2.03. The quantitative estimate of drug-likeness (QED) is 0.738. The Balaban J connectivity index is 3.35. The molecule has 0 spiro atoms. The molecule has 6 nitrogen and oxygen atoms in total. The third-order valence-electron chi connectivity index (χ3n) is 1.85. The average molecular weight is 224 g/mol. The van der Waals surface area contributed by atoms with Crippen molar-refractivity contribution in [3.63, 3.8) is 0 Å². The third-order valence-corrected chi connectivity index (χ3v) is 1.85. The molecule has 1 rings (SSSR count). The molecule has 0 amide bonds. The number of esters is 1. The number of ether oxygens (including phenoxy) is 1. The van der Waals surface area contributed by atoms with Crippen molar-refractivity contribution in [3.8, 4) is 0 Å². The first kappa shape index (κ1) is 11.7. The molecule has 2 N–H and O–H groups in total. The van der Waals surface area contributed by atoms with E-state index >= 15 is 0 Å². The van der Waals surface area contributed by atoms with Crippen LogP contribution in [-0.2, 0) is 4.74 Å². The van der Waals surface area contributed by atoms with Crippen molar-refractivity contribution in [2.24, 2.45) is 0 Å². The van der Waals surface area contributed by atoms with Crippen molar-refractivity contribution in [3.05, 3.63) is 34.9 Å². The first-order valence-corrected chi connectivity index (χ1v) is 4.15. The lowest BCUT2D eigenvalue weighted by Crippen LogP contribution is -2.08. The minimum absolute atomic E-state index is 0.111.